The summed E-state index contributed by atoms with van der Waals surface area (Å²) in [5.41, 5.74) is 5.73. The van der Waals surface area contributed by atoms with E-state index in [1.807, 2.05) is 29.6 Å². The zero-order chi connectivity index (χ0) is 19.8. The molecule has 142 valence electrons. The fourth-order valence-corrected chi connectivity index (χ4v) is 3.46. The van der Waals surface area contributed by atoms with Gasteiger partial charge in [-0.05, 0) is 12.1 Å². The van der Waals surface area contributed by atoms with Crippen molar-refractivity contribution in [3.05, 3.63) is 71.3 Å². The Kier molecular flexibility index (Phi) is 4.21. The van der Waals surface area contributed by atoms with Gasteiger partial charge in [-0.15, -0.1) is 11.3 Å². The normalized spacial score (nSPS) is 11.1. The van der Waals surface area contributed by atoms with E-state index in [0.29, 0.717) is 22.8 Å². The molecule has 0 aliphatic rings. The van der Waals surface area contributed by atoms with E-state index in [4.69, 9.17) is 0 Å². The van der Waals surface area contributed by atoms with Crippen LogP contribution in [0.5, 0.6) is 0 Å². The molecule has 6 nitrogen and oxygen atoms in total. The van der Waals surface area contributed by atoms with E-state index in [1.54, 1.807) is 17.9 Å². The average Bonchev–Trinajstić information content (AvgIpc) is 3.39. The summed E-state index contributed by atoms with van der Waals surface area (Å²) >= 11 is 1.51. The summed E-state index contributed by atoms with van der Waals surface area (Å²) in [5.74, 6) is -0.895. The number of anilines is 2. The lowest BCUT2D eigenvalue weighted by atomic mass is 10.2. The number of halogens is 2. The van der Waals surface area contributed by atoms with Crippen molar-refractivity contribution in [2.24, 2.45) is 0 Å². The topological polar surface area (TPSA) is 79.4 Å². The molecule has 0 bridgehead atoms. The number of aromatic nitrogens is 5. The van der Waals surface area contributed by atoms with Gasteiger partial charge in [0.05, 0.1) is 22.2 Å². The van der Waals surface area contributed by atoms with Gasteiger partial charge in [0.15, 0.2) is 11.6 Å². The fraction of sp³-hybridized carbons (Fsp3) is 0. The fourth-order valence-electron chi connectivity index (χ4n) is 2.89. The largest absolute Gasteiger partial charge is 0.338 e. The molecule has 0 atom stereocenters. The number of H-pyrrole nitrogens is 1. The Morgan fingerprint density at radius 2 is 1.76 bits per heavy atom. The zero-order valence-corrected chi connectivity index (χ0v) is 15.5. The molecule has 29 heavy (non-hydrogen) atoms. The van der Waals surface area contributed by atoms with Crippen molar-refractivity contribution in [2.45, 2.75) is 0 Å². The lowest BCUT2D eigenvalue weighted by Crippen LogP contribution is -1.97. The van der Waals surface area contributed by atoms with Crippen molar-refractivity contribution >= 4 is 34.0 Å². The van der Waals surface area contributed by atoms with Crippen molar-refractivity contribution in [1.82, 2.24) is 24.9 Å². The van der Waals surface area contributed by atoms with Gasteiger partial charge in [-0.2, -0.15) is 0 Å². The number of imidazole rings is 1. The maximum Gasteiger partial charge on any atom is 0.227 e. The predicted molar refractivity (Wildman–Crippen MR) is 108 cm³/mol. The van der Waals surface area contributed by atoms with E-state index >= 15 is 0 Å². The summed E-state index contributed by atoms with van der Waals surface area (Å²) in [6.07, 6.45) is 3.41. The van der Waals surface area contributed by atoms with Gasteiger partial charge < -0.3 is 10.3 Å². The Morgan fingerprint density at radius 1 is 0.931 bits per heavy atom. The minimum atomic E-state index is -0.927. The van der Waals surface area contributed by atoms with Gasteiger partial charge >= 0.3 is 0 Å². The van der Waals surface area contributed by atoms with Crippen LogP contribution in [-0.4, -0.2) is 24.9 Å². The maximum absolute atomic E-state index is 13.4. The third-order valence-electron chi connectivity index (χ3n) is 4.30. The Hall–Kier alpha value is -3.72. The molecule has 0 fully saturated rings. The molecule has 0 amide bonds. The summed E-state index contributed by atoms with van der Waals surface area (Å²) in [6.45, 7) is 0. The highest BCUT2D eigenvalue weighted by atomic mass is 32.1. The van der Waals surface area contributed by atoms with Crippen molar-refractivity contribution in [2.75, 3.05) is 5.32 Å². The van der Waals surface area contributed by atoms with Gasteiger partial charge in [0.2, 0.25) is 5.95 Å². The molecule has 0 radical (unpaired) electrons. The number of fused-ring (bicyclic) bond motifs is 1. The Bertz CT molecular complexity index is 1260. The number of hydrogen-bond acceptors (Lipinski definition) is 6. The van der Waals surface area contributed by atoms with Crippen molar-refractivity contribution < 1.29 is 8.78 Å². The van der Waals surface area contributed by atoms with E-state index < -0.39 is 11.6 Å². The standard InChI is InChI=1S/C20H12F2N6S/c21-14-5-16-17(6-15(14)22)28-19(27-16)11-2-1-3-13(4-11)26-20-23-7-12(8-24-20)18-9-29-10-25-18/h1-10H,(H,27,28)(H,23,24,26). The van der Waals surface area contributed by atoms with Crippen molar-refractivity contribution in [3.63, 3.8) is 0 Å². The molecule has 0 spiro atoms. The number of aromatic amines is 1. The number of rotatable bonds is 4. The monoisotopic (exact) mass is 406 g/mol. The molecular formula is C20H12F2N6S. The molecule has 9 heteroatoms. The van der Waals surface area contributed by atoms with Crippen LogP contribution >= 0.6 is 11.3 Å². The first-order chi connectivity index (χ1) is 14.2. The van der Waals surface area contributed by atoms with E-state index in [0.717, 1.165) is 34.6 Å². The van der Waals surface area contributed by atoms with Gasteiger partial charge in [-0.1, -0.05) is 12.1 Å². The van der Waals surface area contributed by atoms with Gasteiger partial charge in [0, 0.05) is 46.7 Å². The van der Waals surface area contributed by atoms with Gasteiger partial charge in [0.25, 0.3) is 0 Å². The van der Waals surface area contributed by atoms with Crippen LogP contribution in [0, 0.1) is 11.6 Å². The van der Waals surface area contributed by atoms with Crippen LogP contribution in [0.2, 0.25) is 0 Å². The number of nitrogens with zero attached hydrogens (tertiary/aromatic N) is 4. The highest BCUT2D eigenvalue weighted by Gasteiger charge is 2.11. The van der Waals surface area contributed by atoms with Crippen LogP contribution in [0.25, 0.3) is 33.7 Å². The second kappa shape index (κ2) is 7.02. The van der Waals surface area contributed by atoms with Gasteiger partial charge in [0.1, 0.15) is 5.82 Å². The van der Waals surface area contributed by atoms with E-state index in [2.05, 4.69) is 30.2 Å². The summed E-state index contributed by atoms with van der Waals surface area (Å²) in [6, 6.07) is 9.58. The molecule has 0 saturated carbocycles. The average molecular weight is 406 g/mol. The predicted octanol–water partition coefficient (Wildman–Crippen LogP) is 5.17. The highest BCUT2D eigenvalue weighted by molar-refractivity contribution is 7.07. The molecule has 0 aliphatic heterocycles. The van der Waals surface area contributed by atoms with Crippen molar-refractivity contribution in [1.29, 1.82) is 0 Å². The summed E-state index contributed by atoms with van der Waals surface area (Å²) in [7, 11) is 0. The minimum Gasteiger partial charge on any atom is -0.338 e. The molecule has 0 aliphatic carbocycles. The molecule has 2 N–H and O–H groups in total. The Labute approximate surface area is 167 Å². The highest BCUT2D eigenvalue weighted by Crippen LogP contribution is 2.26. The third kappa shape index (κ3) is 3.43. The second-order valence-corrected chi connectivity index (χ2v) is 6.96. The number of thiazole rings is 1. The first kappa shape index (κ1) is 17.4. The van der Waals surface area contributed by atoms with Crippen LogP contribution in [0.1, 0.15) is 0 Å². The Balaban J connectivity index is 1.41. The van der Waals surface area contributed by atoms with Crippen LogP contribution < -0.4 is 5.32 Å². The number of nitrogens with one attached hydrogen (secondary N) is 2. The SMILES string of the molecule is Fc1cc2nc(-c3cccc(Nc4ncc(-c5cscn5)cn4)c3)[nH]c2cc1F. The molecule has 5 rings (SSSR count). The molecule has 5 aromatic rings. The number of benzene rings is 2. The second-order valence-electron chi connectivity index (χ2n) is 6.24. The first-order valence-corrected chi connectivity index (χ1v) is 9.53. The zero-order valence-electron chi connectivity index (χ0n) is 14.7. The van der Waals surface area contributed by atoms with E-state index in [9.17, 15) is 8.78 Å². The molecule has 0 unspecified atom stereocenters. The summed E-state index contributed by atoms with van der Waals surface area (Å²) in [5, 5.41) is 5.07. The quantitative estimate of drug-likeness (QED) is 0.431. The maximum atomic E-state index is 13.4. The van der Waals surface area contributed by atoms with E-state index in [1.165, 1.54) is 11.3 Å². The lowest BCUT2D eigenvalue weighted by Gasteiger charge is -2.06. The minimum absolute atomic E-state index is 0.359. The van der Waals surface area contributed by atoms with Crippen molar-refractivity contribution in [3.8, 4) is 22.6 Å². The van der Waals surface area contributed by atoms with Crippen LogP contribution in [0.3, 0.4) is 0 Å². The number of hydrogen-bond donors (Lipinski definition) is 2. The lowest BCUT2D eigenvalue weighted by molar-refractivity contribution is 0.510. The van der Waals surface area contributed by atoms with Crippen LogP contribution in [0.4, 0.5) is 20.4 Å². The van der Waals surface area contributed by atoms with Gasteiger partial charge in [-0.3, -0.25) is 0 Å². The molecule has 3 aromatic heterocycles. The first-order valence-electron chi connectivity index (χ1n) is 8.58. The molecule has 3 heterocycles. The smallest absolute Gasteiger partial charge is 0.227 e. The molecule has 0 saturated heterocycles. The third-order valence-corrected chi connectivity index (χ3v) is 4.88. The van der Waals surface area contributed by atoms with Gasteiger partial charge in [-0.25, -0.2) is 28.7 Å². The summed E-state index contributed by atoms with van der Waals surface area (Å²) in [4.78, 5) is 20.2. The Morgan fingerprint density at radius 3 is 2.55 bits per heavy atom. The molecular weight excluding hydrogens is 394 g/mol. The van der Waals surface area contributed by atoms with Crippen LogP contribution in [0.15, 0.2) is 59.7 Å². The summed E-state index contributed by atoms with van der Waals surface area (Å²) < 4.78 is 26.9. The molecule has 2 aromatic carbocycles. The van der Waals surface area contributed by atoms with Crippen LogP contribution in [-0.2, 0) is 0 Å². The van der Waals surface area contributed by atoms with E-state index in [-0.39, 0.29) is 0 Å².